The molecule has 0 aliphatic carbocycles. The van der Waals surface area contributed by atoms with E-state index in [4.69, 9.17) is 9.47 Å². The standard InChI is InChI=1S/C23H28N4O4.ClH/c1-4-10-31-22-17(6-5-7-19(22)30-3)15-27(2)21(29)9-8-16-11-18-13-24-14-20(28)26-23(18)25-12-16;/h5-9,11-12,24H,4,10,13-15H2,1-3H3,(H,25,26,28);1H. The number of methoxy groups -OCH3 is 1. The Hall–Kier alpha value is -3.10. The van der Waals surface area contributed by atoms with Crippen molar-refractivity contribution in [3.8, 4) is 11.5 Å². The van der Waals surface area contributed by atoms with E-state index in [0.29, 0.717) is 37.0 Å². The highest BCUT2D eigenvalue weighted by Gasteiger charge is 2.15. The minimum absolute atomic E-state index is 0. The van der Waals surface area contributed by atoms with Gasteiger partial charge in [-0.1, -0.05) is 19.1 Å². The Bertz CT molecular complexity index is 980. The fourth-order valence-corrected chi connectivity index (χ4v) is 3.20. The molecule has 32 heavy (non-hydrogen) atoms. The zero-order valence-corrected chi connectivity index (χ0v) is 19.3. The van der Waals surface area contributed by atoms with Crippen LogP contribution in [-0.4, -0.2) is 49.0 Å². The largest absolute Gasteiger partial charge is 0.493 e. The average molecular weight is 461 g/mol. The molecule has 1 aromatic carbocycles. The molecule has 0 radical (unpaired) electrons. The van der Waals surface area contributed by atoms with Crippen molar-refractivity contribution in [3.63, 3.8) is 0 Å². The highest BCUT2D eigenvalue weighted by Crippen LogP contribution is 2.32. The van der Waals surface area contributed by atoms with Crippen molar-refractivity contribution in [2.24, 2.45) is 0 Å². The van der Waals surface area contributed by atoms with Crippen LogP contribution in [0.1, 0.15) is 30.0 Å². The smallest absolute Gasteiger partial charge is 0.246 e. The van der Waals surface area contributed by atoms with Gasteiger partial charge in [0.25, 0.3) is 0 Å². The van der Waals surface area contributed by atoms with Gasteiger partial charge in [-0.3, -0.25) is 9.59 Å². The average Bonchev–Trinajstić information content (AvgIpc) is 2.96. The first-order valence-corrected chi connectivity index (χ1v) is 10.2. The molecule has 1 aromatic heterocycles. The van der Waals surface area contributed by atoms with Crippen LogP contribution < -0.4 is 20.1 Å². The van der Waals surface area contributed by atoms with Crippen LogP contribution in [0.25, 0.3) is 6.08 Å². The molecule has 1 aliphatic rings. The van der Waals surface area contributed by atoms with E-state index in [1.54, 1.807) is 31.3 Å². The highest BCUT2D eigenvalue weighted by molar-refractivity contribution is 5.93. The number of amides is 2. The number of para-hydroxylation sites is 1. The van der Waals surface area contributed by atoms with E-state index in [1.807, 2.05) is 31.2 Å². The van der Waals surface area contributed by atoms with Gasteiger partial charge >= 0.3 is 0 Å². The monoisotopic (exact) mass is 460 g/mol. The predicted molar refractivity (Wildman–Crippen MR) is 126 cm³/mol. The second kappa shape index (κ2) is 12.1. The van der Waals surface area contributed by atoms with Crippen LogP contribution in [0.15, 0.2) is 36.5 Å². The minimum atomic E-state index is -0.148. The first kappa shape index (κ1) is 25.2. The number of carbonyl (C=O) groups excluding carboxylic acids is 2. The van der Waals surface area contributed by atoms with Gasteiger partial charge in [0, 0.05) is 43.5 Å². The number of likely N-dealkylation sites (N-methyl/N-ethyl adjacent to an activating group) is 1. The lowest BCUT2D eigenvalue weighted by Gasteiger charge is -2.19. The van der Waals surface area contributed by atoms with E-state index in [1.165, 1.54) is 6.08 Å². The number of aromatic nitrogens is 1. The van der Waals surface area contributed by atoms with Gasteiger partial charge in [0.2, 0.25) is 11.8 Å². The molecule has 3 rings (SSSR count). The van der Waals surface area contributed by atoms with Gasteiger partial charge in [0.1, 0.15) is 5.82 Å². The molecule has 8 nitrogen and oxygen atoms in total. The van der Waals surface area contributed by atoms with Gasteiger partial charge in [-0.2, -0.15) is 0 Å². The van der Waals surface area contributed by atoms with Gasteiger partial charge in [0.15, 0.2) is 11.5 Å². The zero-order chi connectivity index (χ0) is 22.2. The summed E-state index contributed by atoms with van der Waals surface area (Å²) in [7, 11) is 3.34. The molecule has 0 saturated carbocycles. The highest BCUT2D eigenvalue weighted by atomic mass is 35.5. The van der Waals surface area contributed by atoms with Crippen molar-refractivity contribution in [1.82, 2.24) is 15.2 Å². The Morgan fingerprint density at radius 3 is 2.88 bits per heavy atom. The molecule has 9 heteroatoms. The molecule has 2 amide bonds. The fourth-order valence-electron chi connectivity index (χ4n) is 3.20. The lowest BCUT2D eigenvalue weighted by Crippen LogP contribution is -2.24. The van der Waals surface area contributed by atoms with Gasteiger partial charge < -0.3 is 25.0 Å². The number of anilines is 1. The van der Waals surface area contributed by atoms with Crippen LogP contribution in [-0.2, 0) is 22.7 Å². The second-order valence-corrected chi connectivity index (χ2v) is 7.25. The summed E-state index contributed by atoms with van der Waals surface area (Å²) in [5.74, 6) is 1.60. The molecule has 0 bridgehead atoms. The third-order valence-electron chi connectivity index (χ3n) is 4.78. The first-order valence-electron chi connectivity index (χ1n) is 10.2. The molecule has 0 unspecified atom stereocenters. The number of halogens is 1. The lowest BCUT2D eigenvalue weighted by atomic mass is 10.1. The molecule has 2 heterocycles. The fraction of sp³-hybridized carbons (Fsp3) is 0.348. The van der Waals surface area contributed by atoms with Gasteiger partial charge in [0.05, 0.1) is 20.3 Å². The third-order valence-corrected chi connectivity index (χ3v) is 4.78. The summed E-state index contributed by atoms with van der Waals surface area (Å²) in [4.78, 5) is 30.2. The molecule has 172 valence electrons. The van der Waals surface area contributed by atoms with Crippen LogP contribution in [0.3, 0.4) is 0 Å². The number of nitrogens with zero attached hydrogens (tertiary/aromatic N) is 2. The molecule has 2 N–H and O–H groups in total. The molecule has 0 saturated heterocycles. The molecular formula is C23H29ClN4O4. The third kappa shape index (κ3) is 6.45. The molecule has 0 spiro atoms. The predicted octanol–water partition coefficient (Wildman–Crippen LogP) is 3.01. The summed E-state index contributed by atoms with van der Waals surface area (Å²) < 4.78 is 11.3. The van der Waals surface area contributed by atoms with Gasteiger partial charge in [-0.15, -0.1) is 12.4 Å². The summed E-state index contributed by atoms with van der Waals surface area (Å²) in [6.07, 6.45) is 5.74. The minimum Gasteiger partial charge on any atom is -0.493 e. The van der Waals surface area contributed by atoms with Crippen LogP contribution in [0.4, 0.5) is 5.82 Å². The number of ether oxygens (including phenoxy) is 2. The van der Waals surface area contributed by atoms with Crippen LogP contribution in [0, 0.1) is 0 Å². The van der Waals surface area contributed by atoms with E-state index in [9.17, 15) is 9.59 Å². The quantitative estimate of drug-likeness (QED) is 0.588. The summed E-state index contributed by atoms with van der Waals surface area (Å²) in [6, 6.07) is 7.57. The number of benzene rings is 1. The summed E-state index contributed by atoms with van der Waals surface area (Å²) in [5.41, 5.74) is 2.54. The maximum atomic E-state index is 12.7. The SMILES string of the molecule is CCCOc1c(CN(C)C(=O)C=Cc2cnc3c(c2)CNCC(=O)N3)cccc1OC.Cl. The van der Waals surface area contributed by atoms with E-state index >= 15 is 0 Å². The Morgan fingerprint density at radius 2 is 2.12 bits per heavy atom. The van der Waals surface area contributed by atoms with Gasteiger partial charge in [-0.05, 0) is 30.2 Å². The summed E-state index contributed by atoms with van der Waals surface area (Å²) in [5, 5.41) is 5.80. The molecule has 0 atom stereocenters. The molecule has 0 fully saturated rings. The molecular weight excluding hydrogens is 432 g/mol. The number of hydrogen-bond donors (Lipinski definition) is 2. The van der Waals surface area contributed by atoms with Crippen LogP contribution in [0.2, 0.25) is 0 Å². The number of hydrogen-bond acceptors (Lipinski definition) is 6. The number of nitrogens with one attached hydrogen (secondary N) is 2. The number of rotatable bonds is 8. The Kier molecular flexibility index (Phi) is 9.49. The zero-order valence-electron chi connectivity index (χ0n) is 18.5. The molecule has 1 aliphatic heterocycles. The maximum Gasteiger partial charge on any atom is 0.246 e. The number of pyridine rings is 1. The van der Waals surface area contributed by atoms with Crippen molar-refractivity contribution < 1.29 is 19.1 Å². The Balaban J connectivity index is 0.00000363. The number of fused-ring (bicyclic) bond motifs is 1. The first-order chi connectivity index (χ1) is 15.0. The summed E-state index contributed by atoms with van der Waals surface area (Å²) in [6.45, 7) is 3.78. The lowest BCUT2D eigenvalue weighted by molar-refractivity contribution is -0.125. The molecule has 2 aromatic rings. The van der Waals surface area contributed by atoms with Crippen molar-refractivity contribution in [2.45, 2.75) is 26.4 Å². The Labute approximate surface area is 194 Å². The van der Waals surface area contributed by atoms with Crippen molar-refractivity contribution in [3.05, 3.63) is 53.2 Å². The van der Waals surface area contributed by atoms with Crippen LogP contribution >= 0.6 is 12.4 Å². The summed E-state index contributed by atoms with van der Waals surface area (Å²) >= 11 is 0. The van der Waals surface area contributed by atoms with Gasteiger partial charge in [-0.25, -0.2) is 4.98 Å². The second-order valence-electron chi connectivity index (χ2n) is 7.25. The Morgan fingerprint density at radius 1 is 1.31 bits per heavy atom. The van der Waals surface area contributed by atoms with E-state index in [0.717, 1.165) is 23.1 Å². The van der Waals surface area contributed by atoms with E-state index < -0.39 is 0 Å². The topological polar surface area (TPSA) is 92.8 Å². The van der Waals surface area contributed by atoms with Crippen LogP contribution in [0.5, 0.6) is 11.5 Å². The van der Waals surface area contributed by atoms with Crippen molar-refractivity contribution in [2.75, 3.05) is 32.6 Å². The van der Waals surface area contributed by atoms with E-state index in [2.05, 4.69) is 15.6 Å². The van der Waals surface area contributed by atoms with Crippen molar-refractivity contribution in [1.29, 1.82) is 0 Å². The van der Waals surface area contributed by atoms with Crippen molar-refractivity contribution >= 4 is 36.1 Å². The maximum absolute atomic E-state index is 12.7. The van der Waals surface area contributed by atoms with E-state index in [-0.39, 0.29) is 30.8 Å². The normalized spacial score (nSPS) is 12.9. The number of carbonyl (C=O) groups is 2.